The summed E-state index contributed by atoms with van der Waals surface area (Å²) in [7, 11) is 0. The second kappa shape index (κ2) is 9.00. The Balaban J connectivity index is 1.55. The highest BCUT2D eigenvalue weighted by Gasteiger charge is 2.27. The SMILES string of the molecule is CC(Sc1nnc(N2CCOCC2)n1-c1cccc(F)c1)C(=O)NC(=O)NC1CC1. The standard InChI is InChI=1S/C19H23FN6O3S/c1-12(16(27)22-17(28)21-14-5-6-14)30-19-24-23-18(25-7-9-29-10-8-25)26(19)15-4-2-3-13(20)11-15/h2-4,11-12,14H,5-10H2,1H3,(H2,21,22,27,28). The lowest BCUT2D eigenvalue weighted by Crippen LogP contribution is -2.43. The van der Waals surface area contributed by atoms with Crippen molar-refractivity contribution in [3.63, 3.8) is 0 Å². The molecule has 0 radical (unpaired) electrons. The fraction of sp³-hybridized carbons (Fsp3) is 0.474. The Bertz CT molecular complexity index is 929. The van der Waals surface area contributed by atoms with Gasteiger partial charge in [-0.15, -0.1) is 10.2 Å². The van der Waals surface area contributed by atoms with E-state index in [0.29, 0.717) is 43.1 Å². The van der Waals surface area contributed by atoms with E-state index in [9.17, 15) is 14.0 Å². The molecule has 1 saturated carbocycles. The number of aromatic nitrogens is 3. The molecular weight excluding hydrogens is 411 g/mol. The van der Waals surface area contributed by atoms with E-state index in [4.69, 9.17) is 4.74 Å². The van der Waals surface area contributed by atoms with Crippen LogP contribution in [0.1, 0.15) is 19.8 Å². The maximum absolute atomic E-state index is 13.9. The van der Waals surface area contributed by atoms with Gasteiger partial charge in [-0.25, -0.2) is 9.18 Å². The third-order valence-corrected chi connectivity index (χ3v) is 5.82. The molecule has 1 aliphatic carbocycles. The van der Waals surface area contributed by atoms with Gasteiger partial charge in [-0.1, -0.05) is 17.8 Å². The van der Waals surface area contributed by atoms with Gasteiger partial charge < -0.3 is 15.0 Å². The molecule has 1 aromatic carbocycles. The summed E-state index contributed by atoms with van der Waals surface area (Å²) in [6.45, 7) is 4.08. The normalized spacial score (nSPS) is 17.5. The molecule has 2 N–H and O–H groups in total. The molecule has 1 unspecified atom stereocenters. The zero-order valence-corrected chi connectivity index (χ0v) is 17.3. The second-order valence-electron chi connectivity index (χ2n) is 7.19. The Kier molecular flexibility index (Phi) is 6.18. The Labute approximate surface area is 177 Å². The molecule has 1 saturated heterocycles. The molecule has 0 spiro atoms. The molecule has 160 valence electrons. The summed E-state index contributed by atoms with van der Waals surface area (Å²) in [6.07, 6.45) is 1.87. The number of hydrogen-bond donors (Lipinski definition) is 2. The van der Waals surface area contributed by atoms with Crippen molar-refractivity contribution in [3.05, 3.63) is 30.1 Å². The van der Waals surface area contributed by atoms with Gasteiger partial charge in [0.1, 0.15) is 5.82 Å². The Morgan fingerprint density at radius 2 is 2.03 bits per heavy atom. The molecule has 2 heterocycles. The summed E-state index contributed by atoms with van der Waals surface area (Å²) in [4.78, 5) is 26.3. The van der Waals surface area contributed by atoms with Crippen LogP contribution < -0.4 is 15.5 Å². The van der Waals surface area contributed by atoms with Crippen LogP contribution in [0.25, 0.3) is 5.69 Å². The van der Waals surface area contributed by atoms with E-state index in [2.05, 4.69) is 20.8 Å². The third kappa shape index (κ3) is 4.90. The van der Waals surface area contributed by atoms with Crippen LogP contribution in [0.2, 0.25) is 0 Å². The fourth-order valence-corrected chi connectivity index (χ4v) is 3.88. The zero-order valence-electron chi connectivity index (χ0n) is 16.5. The van der Waals surface area contributed by atoms with Crippen molar-refractivity contribution in [1.29, 1.82) is 0 Å². The number of rotatable bonds is 6. The highest BCUT2D eigenvalue weighted by atomic mass is 32.2. The van der Waals surface area contributed by atoms with E-state index >= 15 is 0 Å². The number of benzene rings is 1. The number of halogens is 1. The average Bonchev–Trinajstić information content (AvgIpc) is 3.44. The van der Waals surface area contributed by atoms with E-state index in [0.717, 1.165) is 24.6 Å². The summed E-state index contributed by atoms with van der Waals surface area (Å²) in [5.74, 6) is -0.252. The first-order valence-electron chi connectivity index (χ1n) is 9.83. The number of thioether (sulfide) groups is 1. The van der Waals surface area contributed by atoms with Gasteiger partial charge in [0.2, 0.25) is 11.9 Å². The van der Waals surface area contributed by atoms with Gasteiger partial charge in [-0.3, -0.25) is 14.7 Å². The van der Waals surface area contributed by atoms with Crippen molar-refractivity contribution in [2.75, 3.05) is 31.2 Å². The molecule has 0 bridgehead atoms. The molecular formula is C19H23FN6O3S. The minimum absolute atomic E-state index is 0.160. The molecule has 4 rings (SSSR count). The topological polar surface area (TPSA) is 101 Å². The third-order valence-electron chi connectivity index (χ3n) is 4.78. The van der Waals surface area contributed by atoms with Gasteiger partial charge in [0.25, 0.3) is 0 Å². The highest BCUT2D eigenvalue weighted by Crippen LogP contribution is 2.30. The molecule has 30 heavy (non-hydrogen) atoms. The smallest absolute Gasteiger partial charge is 0.321 e. The number of urea groups is 1. The number of morpholine rings is 1. The van der Waals surface area contributed by atoms with Crippen LogP contribution in [0.15, 0.2) is 29.4 Å². The van der Waals surface area contributed by atoms with Gasteiger partial charge in [0.15, 0.2) is 5.16 Å². The lowest BCUT2D eigenvalue weighted by molar-refractivity contribution is -0.119. The van der Waals surface area contributed by atoms with E-state index in [-0.39, 0.29) is 11.9 Å². The van der Waals surface area contributed by atoms with Crippen LogP contribution in [0.5, 0.6) is 0 Å². The number of nitrogens with one attached hydrogen (secondary N) is 2. The first-order valence-corrected chi connectivity index (χ1v) is 10.7. The Hall–Kier alpha value is -2.66. The lowest BCUT2D eigenvalue weighted by atomic mass is 10.3. The minimum Gasteiger partial charge on any atom is -0.378 e. The number of imide groups is 1. The van der Waals surface area contributed by atoms with Crippen LogP contribution in [0, 0.1) is 5.82 Å². The molecule has 2 aliphatic rings. The number of hydrogen-bond acceptors (Lipinski definition) is 7. The number of nitrogens with zero attached hydrogens (tertiary/aromatic N) is 4. The molecule has 1 aromatic heterocycles. The number of carbonyl (C=O) groups excluding carboxylic acids is 2. The van der Waals surface area contributed by atoms with Crippen molar-refractivity contribution in [2.24, 2.45) is 0 Å². The lowest BCUT2D eigenvalue weighted by Gasteiger charge is -2.28. The second-order valence-corrected chi connectivity index (χ2v) is 8.50. The van der Waals surface area contributed by atoms with Gasteiger partial charge in [-0.2, -0.15) is 0 Å². The molecule has 11 heteroatoms. The molecule has 2 aromatic rings. The van der Waals surface area contributed by atoms with Crippen molar-refractivity contribution >= 4 is 29.6 Å². The van der Waals surface area contributed by atoms with Crippen LogP contribution in [0.3, 0.4) is 0 Å². The van der Waals surface area contributed by atoms with Crippen LogP contribution >= 0.6 is 11.8 Å². The number of carbonyl (C=O) groups is 2. The Morgan fingerprint density at radius 1 is 1.27 bits per heavy atom. The first kappa shape index (κ1) is 20.6. The summed E-state index contributed by atoms with van der Waals surface area (Å²) < 4.78 is 21.0. The summed E-state index contributed by atoms with van der Waals surface area (Å²) in [5, 5.41) is 13.4. The molecule has 1 aliphatic heterocycles. The number of anilines is 1. The molecule has 3 amide bonds. The summed E-state index contributed by atoms with van der Waals surface area (Å²) >= 11 is 1.16. The predicted octanol–water partition coefficient (Wildman–Crippen LogP) is 1.71. The van der Waals surface area contributed by atoms with Gasteiger partial charge >= 0.3 is 6.03 Å². The first-order chi connectivity index (χ1) is 14.5. The van der Waals surface area contributed by atoms with Crippen molar-refractivity contribution in [3.8, 4) is 5.69 Å². The maximum atomic E-state index is 13.9. The zero-order chi connectivity index (χ0) is 21.1. The van der Waals surface area contributed by atoms with Crippen LogP contribution in [-0.2, 0) is 9.53 Å². The molecule has 2 fully saturated rings. The largest absolute Gasteiger partial charge is 0.378 e. The van der Waals surface area contributed by atoms with Crippen molar-refractivity contribution in [1.82, 2.24) is 25.4 Å². The number of amides is 3. The number of ether oxygens (including phenoxy) is 1. The van der Waals surface area contributed by atoms with E-state index in [1.54, 1.807) is 23.6 Å². The highest BCUT2D eigenvalue weighted by molar-refractivity contribution is 8.00. The van der Waals surface area contributed by atoms with Crippen LogP contribution in [0.4, 0.5) is 15.1 Å². The Morgan fingerprint density at radius 3 is 2.73 bits per heavy atom. The summed E-state index contributed by atoms with van der Waals surface area (Å²) in [5.41, 5.74) is 0.558. The minimum atomic E-state index is -0.607. The van der Waals surface area contributed by atoms with E-state index < -0.39 is 17.2 Å². The van der Waals surface area contributed by atoms with Crippen molar-refractivity contribution in [2.45, 2.75) is 36.2 Å². The fourth-order valence-electron chi connectivity index (χ4n) is 3.02. The maximum Gasteiger partial charge on any atom is 0.321 e. The van der Waals surface area contributed by atoms with E-state index in [1.165, 1.54) is 12.1 Å². The van der Waals surface area contributed by atoms with Gasteiger partial charge in [0, 0.05) is 19.1 Å². The van der Waals surface area contributed by atoms with Gasteiger partial charge in [-0.05, 0) is 38.0 Å². The van der Waals surface area contributed by atoms with Crippen molar-refractivity contribution < 1.29 is 18.7 Å². The predicted molar refractivity (Wildman–Crippen MR) is 109 cm³/mol. The van der Waals surface area contributed by atoms with E-state index in [1.807, 2.05) is 4.90 Å². The monoisotopic (exact) mass is 434 g/mol. The van der Waals surface area contributed by atoms with Gasteiger partial charge in [0.05, 0.1) is 24.2 Å². The summed E-state index contributed by atoms with van der Waals surface area (Å²) in [6, 6.07) is 5.80. The quantitative estimate of drug-likeness (QED) is 0.668. The molecule has 9 nitrogen and oxygen atoms in total. The molecule has 1 atom stereocenters. The van der Waals surface area contributed by atoms with Crippen LogP contribution in [-0.4, -0.2) is 64.3 Å². The average molecular weight is 434 g/mol.